The summed E-state index contributed by atoms with van der Waals surface area (Å²) in [6.07, 6.45) is 5.00. The van der Waals surface area contributed by atoms with Crippen molar-refractivity contribution >= 4 is 5.97 Å². The van der Waals surface area contributed by atoms with E-state index in [1.54, 1.807) is 0 Å². The summed E-state index contributed by atoms with van der Waals surface area (Å²) in [5.41, 5.74) is 0. The van der Waals surface area contributed by atoms with Crippen molar-refractivity contribution in [3.63, 3.8) is 0 Å². The molecule has 0 heterocycles. The van der Waals surface area contributed by atoms with Gasteiger partial charge in [0, 0.05) is 6.54 Å². The number of likely N-dealkylation sites (N-methyl/N-ethyl adjacent to an activating group) is 1. The second-order valence-electron chi connectivity index (χ2n) is 4.55. The summed E-state index contributed by atoms with van der Waals surface area (Å²) in [5.74, 6) is 0.615. The number of ether oxygens (including phenoxy) is 1. The summed E-state index contributed by atoms with van der Waals surface area (Å²) >= 11 is 0. The fourth-order valence-electron chi connectivity index (χ4n) is 1.98. The SMILES string of the molecule is CCCCC(CC)CN(CC)CC(=O)OCC. The van der Waals surface area contributed by atoms with E-state index in [0.29, 0.717) is 19.1 Å². The molecule has 0 bridgehead atoms. The smallest absolute Gasteiger partial charge is 0.320 e. The van der Waals surface area contributed by atoms with Crippen LogP contribution in [0.1, 0.15) is 53.4 Å². The second-order valence-corrected chi connectivity index (χ2v) is 4.55. The molecule has 0 aliphatic carbocycles. The zero-order valence-electron chi connectivity index (χ0n) is 12.0. The van der Waals surface area contributed by atoms with E-state index in [4.69, 9.17) is 4.74 Å². The second kappa shape index (κ2) is 10.6. The molecule has 0 spiro atoms. The Labute approximate surface area is 107 Å². The molecule has 1 atom stereocenters. The van der Waals surface area contributed by atoms with Crippen LogP contribution in [0.4, 0.5) is 0 Å². The average Bonchev–Trinajstić information content (AvgIpc) is 2.33. The molecule has 0 fully saturated rings. The monoisotopic (exact) mass is 243 g/mol. The first-order valence-electron chi connectivity index (χ1n) is 7.05. The standard InChI is InChI=1S/C14H29NO2/c1-5-9-10-13(6-2)11-15(7-3)12-14(16)17-8-4/h13H,5-12H2,1-4H3. The van der Waals surface area contributed by atoms with Crippen molar-refractivity contribution in [3.8, 4) is 0 Å². The lowest BCUT2D eigenvalue weighted by molar-refractivity contribution is -0.144. The summed E-state index contributed by atoms with van der Waals surface area (Å²) in [4.78, 5) is 13.6. The number of esters is 1. The average molecular weight is 243 g/mol. The minimum Gasteiger partial charge on any atom is -0.465 e. The third-order valence-electron chi connectivity index (χ3n) is 3.16. The molecule has 0 rings (SSSR count). The normalized spacial score (nSPS) is 12.8. The van der Waals surface area contributed by atoms with Gasteiger partial charge in [-0.2, -0.15) is 0 Å². The van der Waals surface area contributed by atoms with E-state index in [2.05, 4.69) is 25.7 Å². The van der Waals surface area contributed by atoms with Crippen molar-refractivity contribution in [1.29, 1.82) is 0 Å². The number of rotatable bonds is 10. The van der Waals surface area contributed by atoms with Crippen LogP contribution in [-0.2, 0) is 9.53 Å². The Kier molecular flexibility index (Phi) is 10.2. The van der Waals surface area contributed by atoms with Crippen LogP contribution in [-0.4, -0.2) is 37.1 Å². The number of carbonyl (C=O) groups is 1. The first kappa shape index (κ1) is 16.4. The van der Waals surface area contributed by atoms with E-state index >= 15 is 0 Å². The third kappa shape index (κ3) is 8.19. The third-order valence-corrected chi connectivity index (χ3v) is 3.16. The summed E-state index contributed by atoms with van der Waals surface area (Å²) in [5, 5.41) is 0. The first-order valence-corrected chi connectivity index (χ1v) is 7.05. The van der Waals surface area contributed by atoms with E-state index in [0.717, 1.165) is 13.1 Å². The van der Waals surface area contributed by atoms with Crippen LogP contribution in [0.3, 0.4) is 0 Å². The van der Waals surface area contributed by atoms with Gasteiger partial charge in [-0.05, 0) is 25.8 Å². The summed E-state index contributed by atoms with van der Waals surface area (Å²) in [6, 6.07) is 0. The van der Waals surface area contributed by atoms with Gasteiger partial charge >= 0.3 is 5.97 Å². The Bertz CT molecular complexity index is 195. The van der Waals surface area contributed by atoms with Gasteiger partial charge in [-0.1, -0.05) is 40.0 Å². The number of unbranched alkanes of at least 4 members (excludes halogenated alkanes) is 1. The van der Waals surface area contributed by atoms with Crippen molar-refractivity contribution in [2.24, 2.45) is 5.92 Å². The number of hydrogen-bond donors (Lipinski definition) is 0. The van der Waals surface area contributed by atoms with E-state index in [1.807, 2.05) is 6.92 Å². The van der Waals surface area contributed by atoms with Gasteiger partial charge in [0.2, 0.25) is 0 Å². The molecule has 102 valence electrons. The maximum absolute atomic E-state index is 11.4. The van der Waals surface area contributed by atoms with E-state index in [1.165, 1.54) is 25.7 Å². The summed E-state index contributed by atoms with van der Waals surface area (Å²) in [6.45, 7) is 11.3. The van der Waals surface area contributed by atoms with E-state index in [-0.39, 0.29) is 5.97 Å². The van der Waals surface area contributed by atoms with Crippen LogP contribution in [0.25, 0.3) is 0 Å². The summed E-state index contributed by atoms with van der Waals surface area (Å²) in [7, 11) is 0. The fourth-order valence-corrected chi connectivity index (χ4v) is 1.98. The summed E-state index contributed by atoms with van der Waals surface area (Å²) < 4.78 is 4.99. The number of carbonyl (C=O) groups excluding carboxylic acids is 1. The van der Waals surface area contributed by atoms with Gasteiger partial charge in [0.25, 0.3) is 0 Å². The number of hydrogen-bond acceptors (Lipinski definition) is 3. The molecule has 0 aromatic carbocycles. The highest BCUT2D eigenvalue weighted by Crippen LogP contribution is 2.14. The van der Waals surface area contributed by atoms with Crippen molar-refractivity contribution in [2.75, 3.05) is 26.2 Å². The van der Waals surface area contributed by atoms with Gasteiger partial charge in [-0.15, -0.1) is 0 Å². The van der Waals surface area contributed by atoms with Crippen LogP contribution in [0.15, 0.2) is 0 Å². The number of nitrogens with zero attached hydrogens (tertiary/aromatic N) is 1. The van der Waals surface area contributed by atoms with E-state index < -0.39 is 0 Å². The van der Waals surface area contributed by atoms with Gasteiger partial charge in [0.1, 0.15) is 0 Å². The molecule has 0 amide bonds. The predicted molar refractivity (Wildman–Crippen MR) is 72.1 cm³/mol. The topological polar surface area (TPSA) is 29.5 Å². The zero-order valence-corrected chi connectivity index (χ0v) is 12.0. The van der Waals surface area contributed by atoms with Crippen molar-refractivity contribution in [1.82, 2.24) is 4.90 Å². The largest absolute Gasteiger partial charge is 0.465 e. The Balaban J connectivity index is 4.03. The minimum absolute atomic E-state index is 0.0975. The quantitative estimate of drug-likeness (QED) is 0.552. The van der Waals surface area contributed by atoms with Crippen LogP contribution in [0, 0.1) is 5.92 Å². The molecule has 17 heavy (non-hydrogen) atoms. The zero-order chi connectivity index (χ0) is 13.1. The van der Waals surface area contributed by atoms with Crippen LogP contribution in [0.5, 0.6) is 0 Å². The Morgan fingerprint density at radius 2 is 1.94 bits per heavy atom. The molecule has 0 aromatic heterocycles. The lowest BCUT2D eigenvalue weighted by atomic mass is 9.99. The maximum Gasteiger partial charge on any atom is 0.320 e. The molecular weight excluding hydrogens is 214 g/mol. The van der Waals surface area contributed by atoms with Gasteiger partial charge in [-0.25, -0.2) is 0 Å². The molecule has 0 N–H and O–H groups in total. The highest BCUT2D eigenvalue weighted by atomic mass is 16.5. The molecule has 0 saturated carbocycles. The van der Waals surface area contributed by atoms with Crippen LogP contribution < -0.4 is 0 Å². The Morgan fingerprint density at radius 1 is 1.24 bits per heavy atom. The lowest BCUT2D eigenvalue weighted by Gasteiger charge is -2.24. The van der Waals surface area contributed by atoms with Crippen molar-refractivity contribution < 1.29 is 9.53 Å². The Morgan fingerprint density at radius 3 is 2.41 bits per heavy atom. The maximum atomic E-state index is 11.4. The molecule has 3 nitrogen and oxygen atoms in total. The Hall–Kier alpha value is -0.570. The van der Waals surface area contributed by atoms with Crippen LogP contribution >= 0.6 is 0 Å². The lowest BCUT2D eigenvalue weighted by Crippen LogP contribution is -2.34. The van der Waals surface area contributed by atoms with Gasteiger partial charge in [-0.3, -0.25) is 9.69 Å². The molecule has 0 radical (unpaired) electrons. The van der Waals surface area contributed by atoms with Crippen molar-refractivity contribution in [3.05, 3.63) is 0 Å². The highest BCUT2D eigenvalue weighted by molar-refractivity contribution is 5.71. The minimum atomic E-state index is -0.0975. The van der Waals surface area contributed by atoms with Gasteiger partial charge in [0.05, 0.1) is 13.2 Å². The predicted octanol–water partition coefficient (Wildman–Crippen LogP) is 3.09. The molecule has 0 aliphatic rings. The fraction of sp³-hybridized carbons (Fsp3) is 0.929. The molecule has 0 aromatic rings. The first-order chi connectivity index (χ1) is 8.17. The highest BCUT2D eigenvalue weighted by Gasteiger charge is 2.14. The molecule has 3 heteroatoms. The van der Waals surface area contributed by atoms with Crippen LogP contribution in [0.2, 0.25) is 0 Å². The van der Waals surface area contributed by atoms with E-state index in [9.17, 15) is 4.79 Å². The van der Waals surface area contributed by atoms with Crippen molar-refractivity contribution in [2.45, 2.75) is 53.4 Å². The molecule has 1 unspecified atom stereocenters. The van der Waals surface area contributed by atoms with Gasteiger partial charge in [0.15, 0.2) is 0 Å². The van der Waals surface area contributed by atoms with Gasteiger partial charge < -0.3 is 4.74 Å². The molecular formula is C14H29NO2. The molecule has 0 aliphatic heterocycles. The molecule has 0 saturated heterocycles.